The molecule has 5 heteroatoms. The van der Waals surface area contributed by atoms with Crippen LogP contribution in [0.3, 0.4) is 0 Å². The lowest BCUT2D eigenvalue weighted by molar-refractivity contribution is 0.0937. The van der Waals surface area contributed by atoms with E-state index in [1.54, 1.807) is 30.5 Å². The van der Waals surface area contributed by atoms with Crippen molar-refractivity contribution in [2.24, 2.45) is 0 Å². The first kappa shape index (κ1) is 15.5. The number of benzene rings is 1. The fraction of sp³-hybridized carbons (Fsp3) is 0.333. The molecule has 3 rings (SSSR count). The summed E-state index contributed by atoms with van der Waals surface area (Å²) < 4.78 is 12.8. The normalized spacial score (nSPS) is 14.7. The number of carbonyl (C=O) groups is 1. The number of aromatic nitrogens is 1. The number of amides is 1. The summed E-state index contributed by atoms with van der Waals surface area (Å²) in [4.78, 5) is 16.4. The number of rotatable bonds is 5. The molecule has 1 amide bonds. The van der Waals surface area contributed by atoms with Crippen LogP contribution < -0.4 is 10.6 Å². The van der Waals surface area contributed by atoms with Gasteiger partial charge in [-0.05, 0) is 42.7 Å². The van der Waals surface area contributed by atoms with Gasteiger partial charge in [0.2, 0.25) is 0 Å². The highest BCUT2D eigenvalue weighted by Crippen LogP contribution is 2.18. The molecule has 120 valence electrons. The van der Waals surface area contributed by atoms with Crippen LogP contribution in [0.25, 0.3) is 0 Å². The van der Waals surface area contributed by atoms with E-state index in [4.69, 9.17) is 0 Å². The first-order valence-corrected chi connectivity index (χ1v) is 7.96. The summed E-state index contributed by atoms with van der Waals surface area (Å²) in [5, 5.41) is 6.20. The van der Waals surface area contributed by atoms with E-state index >= 15 is 0 Å². The monoisotopic (exact) mass is 313 g/mol. The van der Waals surface area contributed by atoms with Crippen LogP contribution in [0.4, 0.5) is 10.2 Å². The topological polar surface area (TPSA) is 54.0 Å². The van der Waals surface area contributed by atoms with Gasteiger partial charge in [0.25, 0.3) is 5.91 Å². The Hall–Kier alpha value is -2.43. The van der Waals surface area contributed by atoms with Gasteiger partial charge in [0.1, 0.15) is 11.6 Å². The Morgan fingerprint density at radius 3 is 2.52 bits per heavy atom. The molecule has 1 fully saturated rings. The van der Waals surface area contributed by atoms with Gasteiger partial charge in [0.05, 0.1) is 5.56 Å². The minimum atomic E-state index is -0.246. The van der Waals surface area contributed by atoms with Crippen LogP contribution in [0.1, 0.15) is 41.6 Å². The van der Waals surface area contributed by atoms with Gasteiger partial charge >= 0.3 is 0 Å². The number of hydrogen-bond donors (Lipinski definition) is 2. The third-order valence-corrected chi connectivity index (χ3v) is 4.10. The Kier molecular flexibility index (Phi) is 4.86. The third kappa shape index (κ3) is 4.28. The molecule has 0 unspecified atom stereocenters. The summed E-state index contributed by atoms with van der Waals surface area (Å²) in [6, 6.07) is 10.2. The van der Waals surface area contributed by atoms with E-state index in [1.807, 2.05) is 0 Å². The largest absolute Gasteiger partial charge is 0.366 e. The van der Waals surface area contributed by atoms with E-state index in [2.05, 4.69) is 15.6 Å². The van der Waals surface area contributed by atoms with E-state index in [0.29, 0.717) is 24.0 Å². The number of hydrogen-bond acceptors (Lipinski definition) is 3. The summed E-state index contributed by atoms with van der Waals surface area (Å²) in [6.07, 6.45) is 6.09. The maximum absolute atomic E-state index is 12.8. The Bertz CT molecular complexity index is 649. The van der Waals surface area contributed by atoms with Crippen LogP contribution in [0.2, 0.25) is 0 Å². The average Bonchev–Trinajstić information content (AvgIpc) is 3.08. The summed E-state index contributed by atoms with van der Waals surface area (Å²) in [5.41, 5.74) is 1.54. The van der Waals surface area contributed by atoms with Crippen molar-refractivity contribution in [3.8, 4) is 0 Å². The molecule has 0 radical (unpaired) electrons. The second kappa shape index (κ2) is 7.22. The molecule has 2 N–H and O–H groups in total. The van der Waals surface area contributed by atoms with Crippen LogP contribution in [-0.4, -0.2) is 16.9 Å². The fourth-order valence-corrected chi connectivity index (χ4v) is 2.77. The SMILES string of the molecule is O=C(NC1CCCC1)c1ccc(NCc2ccc(F)cc2)nc1. The van der Waals surface area contributed by atoms with Gasteiger partial charge in [0.15, 0.2) is 0 Å². The van der Waals surface area contributed by atoms with E-state index in [1.165, 1.54) is 25.0 Å². The number of nitrogens with zero attached hydrogens (tertiary/aromatic N) is 1. The lowest BCUT2D eigenvalue weighted by Crippen LogP contribution is -2.32. The first-order chi connectivity index (χ1) is 11.2. The average molecular weight is 313 g/mol. The Morgan fingerprint density at radius 1 is 1.13 bits per heavy atom. The van der Waals surface area contributed by atoms with Crippen molar-refractivity contribution >= 4 is 11.7 Å². The molecule has 0 aliphatic heterocycles. The highest BCUT2D eigenvalue weighted by molar-refractivity contribution is 5.94. The zero-order chi connectivity index (χ0) is 16.1. The van der Waals surface area contributed by atoms with Gasteiger partial charge in [-0.2, -0.15) is 0 Å². The van der Waals surface area contributed by atoms with Crippen molar-refractivity contribution in [2.75, 3.05) is 5.32 Å². The Balaban J connectivity index is 1.53. The molecule has 0 spiro atoms. The van der Waals surface area contributed by atoms with E-state index in [9.17, 15) is 9.18 Å². The molecule has 1 heterocycles. The minimum absolute atomic E-state index is 0.0607. The van der Waals surface area contributed by atoms with Crippen molar-refractivity contribution in [3.05, 3.63) is 59.5 Å². The van der Waals surface area contributed by atoms with Crippen molar-refractivity contribution in [1.82, 2.24) is 10.3 Å². The van der Waals surface area contributed by atoms with E-state index in [-0.39, 0.29) is 11.7 Å². The number of anilines is 1. The molecule has 0 atom stereocenters. The maximum atomic E-state index is 12.8. The van der Waals surface area contributed by atoms with Gasteiger partial charge in [-0.15, -0.1) is 0 Å². The molecule has 2 aromatic rings. The third-order valence-electron chi connectivity index (χ3n) is 4.10. The highest BCUT2D eigenvalue weighted by atomic mass is 19.1. The van der Waals surface area contributed by atoms with Gasteiger partial charge in [-0.3, -0.25) is 4.79 Å². The molecule has 4 nitrogen and oxygen atoms in total. The zero-order valence-electron chi connectivity index (χ0n) is 12.9. The molecule has 1 aliphatic carbocycles. The molecular weight excluding hydrogens is 293 g/mol. The molecule has 23 heavy (non-hydrogen) atoms. The van der Waals surface area contributed by atoms with Gasteiger partial charge < -0.3 is 10.6 Å². The maximum Gasteiger partial charge on any atom is 0.253 e. The summed E-state index contributed by atoms with van der Waals surface area (Å²) >= 11 is 0. The molecule has 1 aromatic heterocycles. The number of halogens is 1. The Labute approximate surface area is 135 Å². The first-order valence-electron chi connectivity index (χ1n) is 7.96. The summed E-state index contributed by atoms with van der Waals surface area (Å²) in [6.45, 7) is 0.556. The lowest BCUT2D eigenvalue weighted by Gasteiger charge is -2.12. The van der Waals surface area contributed by atoms with Crippen LogP contribution >= 0.6 is 0 Å². The molecule has 0 saturated heterocycles. The van der Waals surface area contributed by atoms with Crippen molar-refractivity contribution in [1.29, 1.82) is 0 Å². The van der Waals surface area contributed by atoms with Crippen molar-refractivity contribution < 1.29 is 9.18 Å². The predicted molar refractivity (Wildman–Crippen MR) is 87.7 cm³/mol. The summed E-state index contributed by atoms with van der Waals surface area (Å²) in [5.74, 6) is 0.380. The van der Waals surface area contributed by atoms with E-state index < -0.39 is 0 Å². The second-order valence-corrected chi connectivity index (χ2v) is 5.87. The highest BCUT2D eigenvalue weighted by Gasteiger charge is 2.17. The van der Waals surface area contributed by atoms with Crippen molar-refractivity contribution in [3.63, 3.8) is 0 Å². The van der Waals surface area contributed by atoms with Crippen molar-refractivity contribution in [2.45, 2.75) is 38.3 Å². The van der Waals surface area contributed by atoms with Gasteiger partial charge in [-0.1, -0.05) is 25.0 Å². The Morgan fingerprint density at radius 2 is 1.87 bits per heavy atom. The molecule has 1 aliphatic rings. The smallest absolute Gasteiger partial charge is 0.253 e. The van der Waals surface area contributed by atoms with E-state index in [0.717, 1.165) is 18.4 Å². The standard InChI is InChI=1S/C18H20FN3O/c19-15-8-5-13(6-9-15)11-20-17-10-7-14(12-21-17)18(23)22-16-3-1-2-4-16/h5-10,12,16H,1-4,11H2,(H,20,21)(H,22,23). The lowest BCUT2D eigenvalue weighted by atomic mass is 10.2. The number of pyridine rings is 1. The second-order valence-electron chi connectivity index (χ2n) is 5.87. The molecular formula is C18H20FN3O. The minimum Gasteiger partial charge on any atom is -0.366 e. The quantitative estimate of drug-likeness (QED) is 0.888. The molecule has 0 bridgehead atoms. The molecule has 1 saturated carbocycles. The zero-order valence-corrected chi connectivity index (χ0v) is 12.9. The molecule has 1 aromatic carbocycles. The number of carbonyl (C=O) groups excluding carboxylic acids is 1. The van der Waals surface area contributed by atoms with Crippen LogP contribution in [0.5, 0.6) is 0 Å². The predicted octanol–water partition coefficient (Wildman–Crippen LogP) is 3.51. The van der Waals surface area contributed by atoms with Crippen LogP contribution in [-0.2, 0) is 6.54 Å². The fourth-order valence-electron chi connectivity index (χ4n) is 2.77. The van der Waals surface area contributed by atoms with Crippen LogP contribution in [0, 0.1) is 5.82 Å². The van der Waals surface area contributed by atoms with Gasteiger partial charge in [-0.25, -0.2) is 9.37 Å². The van der Waals surface area contributed by atoms with Gasteiger partial charge in [0, 0.05) is 18.8 Å². The van der Waals surface area contributed by atoms with Crippen LogP contribution in [0.15, 0.2) is 42.6 Å². The summed E-state index contributed by atoms with van der Waals surface area (Å²) in [7, 11) is 0. The number of nitrogens with one attached hydrogen (secondary N) is 2.